The van der Waals surface area contributed by atoms with Crippen LogP contribution in [0.1, 0.15) is 28.4 Å². The van der Waals surface area contributed by atoms with E-state index in [4.69, 9.17) is 16.0 Å². The van der Waals surface area contributed by atoms with E-state index in [-0.39, 0.29) is 11.0 Å². The Hall–Kier alpha value is -2.11. The topological polar surface area (TPSA) is 56.0 Å². The molecule has 0 aliphatic carbocycles. The molecule has 0 N–H and O–H groups in total. The summed E-state index contributed by atoms with van der Waals surface area (Å²) in [7, 11) is 0. The van der Waals surface area contributed by atoms with E-state index in [2.05, 4.69) is 17.1 Å². The van der Waals surface area contributed by atoms with Crippen molar-refractivity contribution >= 4 is 29.1 Å². The molecule has 128 valence electrons. The van der Waals surface area contributed by atoms with Crippen LogP contribution in [-0.4, -0.2) is 21.2 Å². The van der Waals surface area contributed by atoms with Gasteiger partial charge >= 0.3 is 0 Å². The highest BCUT2D eigenvalue weighted by Gasteiger charge is 2.20. The van der Waals surface area contributed by atoms with E-state index in [1.165, 1.54) is 17.3 Å². The maximum absolute atomic E-state index is 12.5. The van der Waals surface area contributed by atoms with Crippen LogP contribution in [-0.2, 0) is 0 Å². The number of rotatable bonds is 5. The van der Waals surface area contributed by atoms with Gasteiger partial charge in [-0.25, -0.2) is 0 Å². The molecule has 0 saturated heterocycles. The minimum Gasteiger partial charge on any atom is -0.411 e. The Kier molecular flexibility index (Phi) is 5.25. The molecule has 0 unspecified atom stereocenters. The summed E-state index contributed by atoms with van der Waals surface area (Å²) in [6.07, 6.45) is 0. The number of hydrogen-bond donors (Lipinski definition) is 0. The summed E-state index contributed by atoms with van der Waals surface area (Å²) in [5.74, 6) is 0.448. The van der Waals surface area contributed by atoms with Crippen molar-refractivity contribution in [3.05, 3.63) is 64.2 Å². The number of ketones is 1. The number of carbonyl (C=O) groups excluding carboxylic acids is 1. The minimum absolute atomic E-state index is 0.00685. The average Bonchev–Trinajstić information content (AvgIpc) is 3.06. The van der Waals surface area contributed by atoms with Gasteiger partial charge in [-0.05, 0) is 68.3 Å². The van der Waals surface area contributed by atoms with Gasteiger partial charge in [0.15, 0.2) is 5.78 Å². The first-order chi connectivity index (χ1) is 11.9. The van der Waals surface area contributed by atoms with Gasteiger partial charge in [0.2, 0.25) is 5.89 Å². The molecule has 1 heterocycles. The molecule has 2 aromatic carbocycles. The lowest BCUT2D eigenvalue weighted by Crippen LogP contribution is -2.13. The van der Waals surface area contributed by atoms with E-state index in [1.54, 1.807) is 24.3 Å². The zero-order chi connectivity index (χ0) is 18.0. The van der Waals surface area contributed by atoms with Crippen molar-refractivity contribution in [3.63, 3.8) is 0 Å². The highest BCUT2D eigenvalue weighted by atomic mass is 35.5. The van der Waals surface area contributed by atoms with Crippen LogP contribution in [0.15, 0.2) is 52.1 Å². The van der Waals surface area contributed by atoms with E-state index in [0.717, 1.165) is 11.1 Å². The fourth-order valence-electron chi connectivity index (χ4n) is 2.30. The van der Waals surface area contributed by atoms with Crippen molar-refractivity contribution in [2.45, 2.75) is 31.2 Å². The quantitative estimate of drug-likeness (QED) is 0.445. The summed E-state index contributed by atoms with van der Waals surface area (Å²) in [5.41, 5.74) is 3.86. The standard InChI is InChI=1S/C19H17ClN2O2S/c1-11-4-5-15(10-12(11)2)18-21-22-19(24-18)25-13(3)17(23)14-6-8-16(20)9-7-14/h4-10,13H,1-3H3/t13-/m1/s1. The largest absolute Gasteiger partial charge is 0.411 e. The third kappa shape index (κ3) is 4.11. The van der Waals surface area contributed by atoms with E-state index >= 15 is 0 Å². The normalized spacial score (nSPS) is 12.2. The molecular weight excluding hydrogens is 356 g/mol. The zero-order valence-electron chi connectivity index (χ0n) is 14.1. The van der Waals surface area contributed by atoms with Crippen LogP contribution < -0.4 is 0 Å². The van der Waals surface area contributed by atoms with Gasteiger partial charge in [-0.2, -0.15) is 0 Å². The van der Waals surface area contributed by atoms with Crippen molar-refractivity contribution in [1.82, 2.24) is 10.2 Å². The van der Waals surface area contributed by atoms with E-state index in [9.17, 15) is 4.79 Å². The minimum atomic E-state index is -0.339. The lowest BCUT2D eigenvalue weighted by Gasteiger charge is -2.07. The fourth-order valence-corrected chi connectivity index (χ4v) is 3.19. The summed E-state index contributed by atoms with van der Waals surface area (Å²) in [6, 6.07) is 12.8. The second-order valence-electron chi connectivity index (χ2n) is 5.80. The summed E-state index contributed by atoms with van der Waals surface area (Å²) in [6.45, 7) is 5.91. The van der Waals surface area contributed by atoms with Gasteiger partial charge in [0, 0.05) is 16.1 Å². The third-order valence-electron chi connectivity index (χ3n) is 3.94. The molecule has 0 bridgehead atoms. The average molecular weight is 373 g/mol. The molecule has 0 amide bonds. The Morgan fingerprint density at radius 1 is 1.08 bits per heavy atom. The first-order valence-corrected chi connectivity index (χ1v) is 9.07. The molecule has 25 heavy (non-hydrogen) atoms. The molecule has 0 aliphatic heterocycles. The van der Waals surface area contributed by atoms with Crippen LogP contribution in [0.4, 0.5) is 0 Å². The second kappa shape index (κ2) is 7.42. The number of nitrogens with zero attached hydrogens (tertiary/aromatic N) is 2. The smallest absolute Gasteiger partial charge is 0.277 e. The number of aromatic nitrogens is 2. The fraction of sp³-hybridized carbons (Fsp3) is 0.211. The molecule has 0 spiro atoms. The Morgan fingerprint density at radius 3 is 2.48 bits per heavy atom. The number of benzene rings is 2. The number of thioether (sulfide) groups is 1. The number of hydrogen-bond acceptors (Lipinski definition) is 5. The molecule has 0 saturated carbocycles. The van der Waals surface area contributed by atoms with Crippen molar-refractivity contribution < 1.29 is 9.21 Å². The van der Waals surface area contributed by atoms with Crippen LogP contribution in [0.25, 0.3) is 11.5 Å². The lowest BCUT2D eigenvalue weighted by molar-refractivity contribution is 0.0993. The van der Waals surface area contributed by atoms with Crippen LogP contribution in [0, 0.1) is 13.8 Å². The Labute approximate surface area is 155 Å². The summed E-state index contributed by atoms with van der Waals surface area (Å²) < 4.78 is 5.71. The van der Waals surface area contributed by atoms with E-state index in [0.29, 0.717) is 21.7 Å². The number of Topliss-reactive ketones (excluding diaryl/α,β-unsaturated/α-hetero) is 1. The first kappa shape index (κ1) is 17.7. The molecule has 6 heteroatoms. The molecule has 3 rings (SSSR count). The monoisotopic (exact) mass is 372 g/mol. The van der Waals surface area contributed by atoms with Crippen LogP contribution in [0.2, 0.25) is 5.02 Å². The van der Waals surface area contributed by atoms with E-state index in [1.807, 2.05) is 32.0 Å². The maximum atomic E-state index is 12.5. The molecular formula is C19H17ClN2O2S. The zero-order valence-corrected chi connectivity index (χ0v) is 15.7. The lowest BCUT2D eigenvalue weighted by atomic mass is 10.1. The first-order valence-electron chi connectivity index (χ1n) is 7.81. The van der Waals surface area contributed by atoms with Gasteiger partial charge in [0.05, 0.1) is 5.25 Å². The highest BCUT2D eigenvalue weighted by molar-refractivity contribution is 8.00. The molecule has 0 fully saturated rings. The van der Waals surface area contributed by atoms with Crippen molar-refractivity contribution in [2.24, 2.45) is 0 Å². The van der Waals surface area contributed by atoms with Gasteiger partial charge in [0.1, 0.15) is 0 Å². The van der Waals surface area contributed by atoms with Gasteiger partial charge < -0.3 is 4.42 Å². The van der Waals surface area contributed by atoms with Gasteiger partial charge in [-0.15, -0.1) is 10.2 Å². The number of halogens is 1. The van der Waals surface area contributed by atoms with Crippen molar-refractivity contribution in [1.29, 1.82) is 0 Å². The molecule has 0 aliphatic rings. The molecule has 0 radical (unpaired) electrons. The van der Waals surface area contributed by atoms with Crippen LogP contribution in [0.5, 0.6) is 0 Å². The van der Waals surface area contributed by atoms with Crippen molar-refractivity contribution in [3.8, 4) is 11.5 Å². The molecule has 1 aromatic heterocycles. The van der Waals surface area contributed by atoms with Crippen LogP contribution in [0.3, 0.4) is 0 Å². The Balaban J connectivity index is 1.73. The van der Waals surface area contributed by atoms with E-state index < -0.39 is 0 Å². The van der Waals surface area contributed by atoms with Gasteiger partial charge in [0.25, 0.3) is 5.22 Å². The van der Waals surface area contributed by atoms with Gasteiger partial charge in [-0.1, -0.05) is 29.4 Å². The molecule has 1 atom stereocenters. The molecule has 4 nitrogen and oxygen atoms in total. The SMILES string of the molecule is Cc1ccc(-c2nnc(S[C@H](C)C(=O)c3ccc(Cl)cc3)o2)cc1C. The predicted octanol–water partition coefficient (Wildman–Crippen LogP) is 5.37. The molecule has 3 aromatic rings. The predicted molar refractivity (Wildman–Crippen MR) is 100 cm³/mol. The second-order valence-corrected chi connectivity index (χ2v) is 7.53. The van der Waals surface area contributed by atoms with Gasteiger partial charge in [-0.3, -0.25) is 4.79 Å². The third-order valence-corrected chi connectivity index (χ3v) is 5.12. The highest BCUT2D eigenvalue weighted by Crippen LogP contribution is 2.28. The number of aryl methyl sites for hydroxylation is 2. The van der Waals surface area contributed by atoms with Crippen molar-refractivity contribution in [2.75, 3.05) is 0 Å². The summed E-state index contributed by atoms with van der Waals surface area (Å²) >= 11 is 7.11. The summed E-state index contributed by atoms with van der Waals surface area (Å²) in [4.78, 5) is 12.5. The maximum Gasteiger partial charge on any atom is 0.277 e. The van der Waals surface area contributed by atoms with Crippen LogP contribution >= 0.6 is 23.4 Å². The number of carbonyl (C=O) groups is 1. The Morgan fingerprint density at radius 2 is 1.80 bits per heavy atom. The Bertz CT molecular complexity index is 906. The summed E-state index contributed by atoms with van der Waals surface area (Å²) in [5, 5.41) is 8.78.